The van der Waals surface area contributed by atoms with E-state index in [1.165, 1.54) is 30.8 Å². The third-order valence-electron chi connectivity index (χ3n) is 3.10. The molecule has 0 radical (unpaired) electrons. The lowest BCUT2D eigenvalue weighted by atomic mass is 9.83. The average Bonchev–Trinajstić information content (AvgIpc) is 2.75. The minimum atomic E-state index is -0.143. The molecule has 0 amide bonds. The van der Waals surface area contributed by atoms with Crippen molar-refractivity contribution in [3.05, 3.63) is 5.82 Å². The summed E-state index contributed by atoms with van der Waals surface area (Å²) >= 11 is 1.32. The van der Waals surface area contributed by atoms with Crippen molar-refractivity contribution in [1.82, 2.24) is 9.36 Å². The molecular formula is C11H19N3OS. The molecule has 0 aromatic carbocycles. The molecule has 2 N–H and O–H groups in total. The maximum atomic E-state index is 6.28. The van der Waals surface area contributed by atoms with E-state index < -0.39 is 0 Å². The second-order valence-corrected chi connectivity index (χ2v) is 5.26. The zero-order chi connectivity index (χ0) is 11.4. The van der Waals surface area contributed by atoms with Crippen LogP contribution in [0.5, 0.6) is 5.19 Å². The highest BCUT2D eigenvalue weighted by atomic mass is 32.1. The molecule has 1 saturated carbocycles. The summed E-state index contributed by atoms with van der Waals surface area (Å²) in [4.78, 5) is 4.27. The van der Waals surface area contributed by atoms with Crippen LogP contribution in [0.3, 0.4) is 0 Å². The highest BCUT2D eigenvalue weighted by Gasteiger charge is 2.28. The van der Waals surface area contributed by atoms with Gasteiger partial charge in [-0.2, -0.15) is 9.36 Å². The third kappa shape index (κ3) is 2.92. The number of hydrogen-bond donors (Lipinski definition) is 1. The molecule has 0 saturated heterocycles. The normalized spacial score (nSPS) is 19.6. The van der Waals surface area contributed by atoms with E-state index in [1.807, 2.05) is 6.92 Å². The first-order valence-electron chi connectivity index (χ1n) is 5.96. The fourth-order valence-electron chi connectivity index (χ4n) is 2.05. The number of hydrogen-bond acceptors (Lipinski definition) is 5. The lowest BCUT2D eigenvalue weighted by Gasteiger charge is -2.32. The molecule has 1 heterocycles. The Labute approximate surface area is 100 Å². The van der Waals surface area contributed by atoms with E-state index >= 15 is 0 Å². The highest BCUT2D eigenvalue weighted by molar-refractivity contribution is 7.07. The van der Waals surface area contributed by atoms with Crippen molar-refractivity contribution in [2.75, 3.05) is 6.61 Å². The number of nitrogens with zero attached hydrogens (tertiary/aromatic N) is 2. The molecule has 0 spiro atoms. The van der Waals surface area contributed by atoms with Crippen LogP contribution in [0.15, 0.2) is 0 Å². The van der Waals surface area contributed by atoms with Crippen LogP contribution < -0.4 is 10.5 Å². The van der Waals surface area contributed by atoms with E-state index in [2.05, 4.69) is 9.36 Å². The number of nitrogens with two attached hydrogens (primary N) is 1. The van der Waals surface area contributed by atoms with Crippen molar-refractivity contribution in [3.63, 3.8) is 0 Å². The monoisotopic (exact) mass is 241 g/mol. The fraction of sp³-hybridized carbons (Fsp3) is 0.818. The van der Waals surface area contributed by atoms with Crippen LogP contribution in [0.4, 0.5) is 0 Å². The number of aryl methyl sites for hydroxylation is 1. The summed E-state index contributed by atoms with van der Waals surface area (Å²) in [6.07, 6.45) is 6.72. The van der Waals surface area contributed by atoms with Crippen molar-refractivity contribution in [1.29, 1.82) is 0 Å². The van der Waals surface area contributed by atoms with Crippen molar-refractivity contribution in [2.45, 2.75) is 51.0 Å². The topological polar surface area (TPSA) is 61.0 Å². The van der Waals surface area contributed by atoms with E-state index in [9.17, 15) is 0 Å². The maximum Gasteiger partial charge on any atom is 0.293 e. The van der Waals surface area contributed by atoms with Gasteiger partial charge in [-0.15, -0.1) is 0 Å². The summed E-state index contributed by atoms with van der Waals surface area (Å²) in [5.74, 6) is 0.856. The predicted molar refractivity (Wildman–Crippen MR) is 64.8 cm³/mol. The fourth-order valence-corrected chi connectivity index (χ4v) is 2.66. The standard InChI is InChI=1S/C11H19N3OS/c1-2-9-13-10(16-14-9)15-8-11(12)6-4-3-5-7-11/h2-8,12H2,1H3. The van der Waals surface area contributed by atoms with Gasteiger partial charge in [0.15, 0.2) is 0 Å². The van der Waals surface area contributed by atoms with Crippen molar-refractivity contribution in [2.24, 2.45) is 5.73 Å². The molecule has 0 atom stereocenters. The highest BCUT2D eigenvalue weighted by Crippen LogP contribution is 2.27. The molecular weight excluding hydrogens is 222 g/mol. The molecule has 4 nitrogen and oxygen atoms in total. The van der Waals surface area contributed by atoms with Gasteiger partial charge in [0, 0.05) is 18.0 Å². The number of ether oxygens (including phenoxy) is 1. The number of rotatable bonds is 4. The molecule has 0 aliphatic heterocycles. The Kier molecular flexibility index (Phi) is 3.76. The van der Waals surface area contributed by atoms with Crippen molar-refractivity contribution < 1.29 is 4.74 Å². The summed E-state index contributed by atoms with van der Waals surface area (Å²) in [6.45, 7) is 2.61. The second-order valence-electron chi connectivity index (χ2n) is 4.54. The van der Waals surface area contributed by atoms with Crippen LogP contribution in [0.1, 0.15) is 44.9 Å². The molecule has 1 aromatic heterocycles. The Morgan fingerprint density at radius 1 is 1.38 bits per heavy atom. The Morgan fingerprint density at radius 3 is 2.75 bits per heavy atom. The zero-order valence-electron chi connectivity index (χ0n) is 9.74. The van der Waals surface area contributed by atoms with E-state index in [4.69, 9.17) is 10.5 Å². The number of aromatic nitrogens is 2. The maximum absolute atomic E-state index is 6.28. The Bertz CT molecular complexity index is 334. The Hall–Kier alpha value is -0.680. The molecule has 1 aromatic rings. The first-order valence-corrected chi connectivity index (χ1v) is 6.73. The Morgan fingerprint density at radius 2 is 2.12 bits per heavy atom. The van der Waals surface area contributed by atoms with Gasteiger partial charge < -0.3 is 10.5 Å². The van der Waals surface area contributed by atoms with Gasteiger partial charge in [0.2, 0.25) is 0 Å². The van der Waals surface area contributed by atoms with Gasteiger partial charge in [-0.1, -0.05) is 26.2 Å². The van der Waals surface area contributed by atoms with Crippen LogP contribution in [-0.4, -0.2) is 21.5 Å². The zero-order valence-corrected chi connectivity index (χ0v) is 10.6. The van der Waals surface area contributed by atoms with E-state index in [0.717, 1.165) is 25.1 Å². The van der Waals surface area contributed by atoms with Crippen molar-refractivity contribution in [3.8, 4) is 5.19 Å². The quantitative estimate of drug-likeness (QED) is 0.877. The van der Waals surface area contributed by atoms with Gasteiger partial charge in [0.1, 0.15) is 12.4 Å². The lowest BCUT2D eigenvalue weighted by molar-refractivity contribution is 0.173. The third-order valence-corrected chi connectivity index (χ3v) is 3.77. The summed E-state index contributed by atoms with van der Waals surface area (Å²) in [5.41, 5.74) is 6.14. The summed E-state index contributed by atoms with van der Waals surface area (Å²) < 4.78 is 9.84. The van der Waals surface area contributed by atoms with Crippen LogP contribution >= 0.6 is 11.5 Å². The minimum Gasteiger partial charge on any atom is -0.467 e. The van der Waals surface area contributed by atoms with Gasteiger partial charge in [0.25, 0.3) is 5.19 Å². The summed E-state index contributed by atoms with van der Waals surface area (Å²) in [6, 6.07) is 0. The van der Waals surface area contributed by atoms with Crippen LogP contribution in [0, 0.1) is 0 Å². The van der Waals surface area contributed by atoms with Gasteiger partial charge >= 0.3 is 0 Å². The molecule has 0 bridgehead atoms. The largest absolute Gasteiger partial charge is 0.467 e. The van der Waals surface area contributed by atoms with Gasteiger partial charge in [-0.05, 0) is 12.8 Å². The van der Waals surface area contributed by atoms with E-state index in [-0.39, 0.29) is 5.54 Å². The molecule has 2 rings (SSSR count). The Balaban J connectivity index is 1.86. The average molecular weight is 241 g/mol. The van der Waals surface area contributed by atoms with Gasteiger partial charge in [0.05, 0.1) is 5.54 Å². The lowest BCUT2D eigenvalue weighted by Crippen LogP contribution is -2.47. The molecule has 5 heteroatoms. The SMILES string of the molecule is CCc1nsc(OCC2(N)CCCCC2)n1. The molecule has 90 valence electrons. The van der Waals surface area contributed by atoms with E-state index in [0.29, 0.717) is 11.8 Å². The second kappa shape index (κ2) is 5.10. The summed E-state index contributed by atoms with van der Waals surface area (Å²) in [5, 5.41) is 0.659. The minimum absolute atomic E-state index is 0.143. The summed E-state index contributed by atoms with van der Waals surface area (Å²) in [7, 11) is 0. The first-order chi connectivity index (χ1) is 7.72. The van der Waals surface area contributed by atoms with Crippen molar-refractivity contribution >= 4 is 11.5 Å². The molecule has 1 fully saturated rings. The van der Waals surface area contributed by atoms with Gasteiger partial charge in [-0.3, -0.25) is 0 Å². The smallest absolute Gasteiger partial charge is 0.293 e. The van der Waals surface area contributed by atoms with Crippen LogP contribution in [-0.2, 0) is 6.42 Å². The van der Waals surface area contributed by atoms with Crippen LogP contribution in [0.2, 0.25) is 0 Å². The van der Waals surface area contributed by atoms with Crippen LogP contribution in [0.25, 0.3) is 0 Å². The molecule has 16 heavy (non-hydrogen) atoms. The first kappa shape index (κ1) is 11.8. The predicted octanol–water partition coefficient (Wildman–Crippen LogP) is 2.14. The van der Waals surface area contributed by atoms with Gasteiger partial charge in [-0.25, -0.2) is 0 Å². The van der Waals surface area contributed by atoms with E-state index in [1.54, 1.807) is 0 Å². The molecule has 0 unspecified atom stereocenters. The molecule has 1 aliphatic rings. The molecule has 1 aliphatic carbocycles.